The number of pyridine rings is 1. The predicted octanol–water partition coefficient (Wildman–Crippen LogP) is 4.86. The van der Waals surface area contributed by atoms with Crippen molar-refractivity contribution in [2.75, 3.05) is 7.05 Å². The van der Waals surface area contributed by atoms with Gasteiger partial charge in [0.15, 0.2) is 0 Å². The highest BCUT2D eigenvalue weighted by molar-refractivity contribution is 5.78. The summed E-state index contributed by atoms with van der Waals surface area (Å²) in [5, 5.41) is 4.81. The van der Waals surface area contributed by atoms with Crippen LogP contribution >= 0.6 is 0 Å². The molecular formula is C19H26N2. The second-order valence-corrected chi connectivity index (χ2v) is 6.33. The van der Waals surface area contributed by atoms with E-state index in [2.05, 4.69) is 53.9 Å². The molecule has 112 valence electrons. The summed E-state index contributed by atoms with van der Waals surface area (Å²) in [6, 6.07) is 11.2. The van der Waals surface area contributed by atoms with E-state index in [0.29, 0.717) is 6.04 Å². The number of nitrogens with zero attached hydrogens (tertiary/aromatic N) is 1. The summed E-state index contributed by atoms with van der Waals surface area (Å²) >= 11 is 0. The van der Waals surface area contributed by atoms with Crippen LogP contribution in [0.1, 0.15) is 56.6 Å². The monoisotopic (exact) mass is 282 g/mol. The summed E-state index contributed by atoms with van der Waals surface area (Å²) in [6.07, 6.45) is 11.8. The van der Waals surface area contributed by atoms with Crippen molar-refractivity contribution in [3.05, 3.63) is 42.1 Å². The van der Waals surface area contributed by atoms with Crippen LogP contribution in [0.2, 0.25) is 0 Å². The standard InChI is InChI=1S/C19H26N2/c1-20-19(15-9-5-3-2-4-6-10-15)17-13-16-11-7-8-12-18(16)21-14-17/h7-8,11-15,19-20H,2-6,9-10H2,1H3. The van der Waals surface area contributed by atoms with Crippen molar-refractivity contribution >= 4 is 10.9 Å². The highest BCUT2D eigenvalue weighted by Gasteiger charge is 2.22. The molecule has 1 fully saturated rings. The lowest BCUT2D eigenvalue weighted by molar-refractivity contribution is 0.299. The molecule has 1 saturated carbocycles. The average molecular weight is 282 g/mol. The van der Waals surface area contributed by atoms with Crippen LogP contribution in [-0.4, -0.2) is 12.0 Å². The third-order valence-electron chi connectivity index (χ3n) is 4.90. The van der Waals surface area contributed by atoms with Crippen LogP contribution in [0.15, 0.2) is 36.5 Å². The van der Waals surface area contributed by atoms with Gasteiger partial charge in [0.1, 0.15) is 0 Å². The molecule has 2 heteroatoms. The van der Waals surface area contributed by atoms with Crippen LogP contribution in [0.4, 0.5) is 0 Å². The van der Waals surface area contributed by atoms with E-state index in [4.69, 9.17) is 0 Å². The SMILES string of the molecule is CNC(c1cnc2ccccc2c1)C1CCCCCCC1. The molecule has 0 saturated heterocycles. The fourth-order valence-corrected chi connectivity index (χ4v) is 3.75. The van der Waals surface area contributed by atoms with E-state index in [1.54, 1.807) is 0 Å². The fraction of sp³-hybridized carbons (Fsp3) is 0.526. The Morgan fingerprint density at radius 1 is 1.05 bits per heavy atom. The summed E-state index contributed by atoms with van der Waals surface area (Å²) in [7, 11) is 2.10. The summed E-state index contributed by atoms with van der Waals surface area (Å²) < 4.78 is 0. The molecule has 3 rings (SSSR count). The van der Waals surface area contributed by atoms with E-state index in [1.165, 1.54) is 55.9 Å². The number of hydrogen-bond donors (Lipinski definition) is 1. The molecule has 1 heterocycles. The molecule has 2 nitrogen and oxygen atoms in total. The number of hydrogen-bond acceptors (Lipinski definition) is 2. The Hall–Kier alpha value is -1.41. The quantitative estimate of drug-likeness (QED) is 0.870. The van der Waals surface area contributed by atoms with Crippen molar-refractivity contribution in [2.24, 2.45) is 5.92 Å². The molecule has 1 aromatic carbocycles. The molecule has 21 heavy (non-hydrogen) atoms. The molecule has 0 radical (unpaired) electrons. The Balaban J connectivity index is 1.85. The first kappa shape index (κ1) is 14.5. The summed E-state index contributed by atoms with van der Waals surface area (Å²) in [4.78, 5) is 4.65. The van der Waals surface area contributed by atoms with Gasteiger partial charge in [-0.25, -0.2) is 0 Å². The zero-order chi connectivity index (χ0) is 14.5. The van der Waals surface area contributed by atoms with Crippen LogP contribution in [0.25, 0.3) is 10.9 Å². The molecule has 1 atom stereocenters. The maximum absolute atomic E-state index is 4.65. The molecule has 0 spiro atoms. The van der Waals surface area contributed by atoms with E-state index in [0.717, 1.165) is 11.4 Å². The molecular weight excluding hydrogens is 256 g/mol. The van der Waals surface area contributed by atoms with Gasteiger partial charge in [0, 0.05) is 17.6 Å². The molecule has 2 aromatic rings. The summed E-state index contributed by atoms with van der Waals surface area (Å²) in [5.41, 5.74) is 2.44. The lowest BCUT2D eigenvalue weighted by atomic mass is 9.83. The van der Waals surface area contributed by atoms with Crippen molar-refractivity contribution < 1.29 is 0 Å². The van der Waals surface area contributed by atoms with Gasteiger partial charge in [-0.1, -0.05) is 50.3 Å². The van der Waals surface area contributed by atoms with Gasteiger partial charge in [0.05, 0.1) is 5.52 Å². The van der Waals surface area contributed by atoms with Gasteiger partial charge >= 0.3 is 0 Å². The Kier molecular flexibility index (Phi) is 4.87. The van der Waals surface area contributed by atoms with Crippen molar-refractivity contribution in [1.29, 1.82) is 0 Å². The minimum atomic E-state index is 0.445. The number of benzene rings is 1. The van der Waals surface area contributed by atoms with E-state index in [-0.39, 0.29) is 0 Å². The highest BCUT2D eigenvalue weighted by Crippen LogP contribution is 2.33. The Bertz CT molecular complexity index is 571. The van der Waals surface area contributed by atoms with Gasteiger partial charge in [-0.05, 0) is 43.5 Å². The molecule has 1 aromatic heterocycles. The maximum atomic E-state index is 4.65. The average Bonchev–Trinajstić information content (AvgIpc) is 2.49. The van der Waals surface area contributed by atoms with E-state index in [1.807, 2.05) is 0 Å². The molecule has 0 bridgehead atoms. The Morgan fingerprint density at radius 2 is 1.76 bits per heavy atom. The van der Waals surface area contributed by atoms with E-state index < -0.39 is 0 Å². The third kappa shape index (κ3) is 3.44. The van der Waals surface area contributed by atoms with Gasteiger partial charge in [-0.3, -0.25) is 4.98 Å². The normalized spacial score (nSPS) is 19.1. The van der Waals surface area contributed by atoms with Crippen molar-refractivity contribution in [3.8, 4) is 0 Å². The fourth-order valence-electron chi connectivity index (χ4n) is 3.75. The molecule has 1 aliphatic carbocycles. The molecule has 1 aliphatic rings. The van der Waals surface area contributed by atoms with Crippen LogP contribution < -0.4 is 5.32 Å². The second-order valence-electron chi connectivity index (χ2n) is 6.33. The molecule has 1 N–H and O–H groups in total. The topological polar surface area (TPSA) is 24.9 Å². The Morgan fingerprint density at radius 3 is 2.52 bits per heavy atom. The maximum Gasteiger partial charge on any atom is 0.0702 e. The number of aromatic nitrogens is 1. The largest absolute Gasteiger partial charge is 0.313 e. The number of nitrogens with one attached hydrogen (secondary N) is 1. The zero-order valence-corrected chi connectivity index (χ0v) is 13.0. The van der Waals surface area contributed by atoms with Crippen LogP contribution in [-0.2, 0) is 0 Å². The minimum Gasteiger partial charge on any atom is -0.313 e. The molecule has 0 aliphatic heterocycles. The number of para-hydroxylation sites is 1. The van der Waals surface area contributed by atoms with E-state index >= 15 is 0 Å². The number of rotatable bonds is 3. The van der Waals surface area contributed by atoms with Gasteiger partial charge in [0.25, 0.3) is 0 Å². The minimum absolute atomic E-state index is 0.445. The Labute approximate surface area is 128 Å². The van der Waals surface area contributed by atoms with Crippen molar-refractivity contribution in [1.82, 2.24) is 10.3 Å². The third-order valence-corrected chi connectivity index (χ3v) is 4.90. The summed E-state index contributed by atoms with van der Waals surface area (Å²) in [6.45, 7) is 0. The van der Waals surface area contributed by atoms with E-state index in [9.17, 15) is 0 Å². The lowest BCUT2D eigenvalue weighted by Crippen LogP contribution is -2.26. The van der Waals surface area contributed by atoms with Gasteiger partial charge < -0.3 is 5.32 Å². The van der Waals surface area contributed by atoms with Crippen LogP contribution in [0.3, 0.4) is 0 Å². The first-order chi connectivity index (χ1) is 10.4. The predicted molar refractivity (Wildman–Crippen MR) is 89.4 cm³/mol. The smallest absolute Gasteiger partial charge is 0.0702 e. The lowest BCUT2D eigenvalue weighted by Gasteiger charge is -2.29. The van der Waals surface area contributed by atoms with Crippen molar-refractivity contribution in [3.63, 3.8) is 0 Å². The second kappa shape index (κ2) is 7.04. The first-order valence-corrected chi connectivity index (χ1v) is 8.40. The zero-order valence-electron chi connectivity index (χ0n) is 13.0. The summed E-state index contributed by atoms with van der Waals surface area (Å²) in [5.74, 6) is 0.748. The molecule has 1 unspecified atom stereocenters. The van der Waals surface area contributed by atoms with Gasteiger partial charge in [-0.2, -0.15) is 0 Å². The van der Waals surface area contributed by atoms with Crippen molar-refractivity contribution in [2.45, 2.75) is 51.0 Å². The van der Waals surface area contributed by atoms with Gasteiger partial charge in [-0.15, -0.1) is 0 Å². The first-order valence-electron chi connectivity index (χ1n) is 8.40. The number of fused-ring (bicyclic) bond motifs is 1. The van der Waals surface area contributed by atoms with Gasteiger partial charge in [0.2, 0.25) is 0 Å². The molecule has 0 amide bonds. The highest BCUT2D eigenvalue weighted by atomic mass is 14.9. The van der Waals surface area contributed by atoms with Crippen LogP contribution in [0, 0.1) is 5.92 Å². The van der Waals surface area contributed by atoms with Crippen LogP contribution in [0.5, 0.6) is 0 Å².